The third kappa shape index (κ3) is 2.28. The Balaban J connectivity index is 1.82. The van der Waals surface area contributed by atoms with E-state index in [4.69, 9.17) is 0 Å². The lowest BCUT2D eigenvalue weighted by molar-refractivity contribution is -0.660. The summed E-state index contributed by atoms with van der Waals surface area (Å²) in [6, 6.07) is 28.7. The van der Waals surface area contributed by atoms with Gasteiger partial charge in [0.25, 0.3) is 0 Å². The molecule has 4 aromatic carbocycles. The van der Waals surface area contributed by atoms with Gasteiger partial charge < -0.3 is 0 Å². The fourth-order valence-electron chi connectivity index (χ4n) is 4.00. The van der Waals surface area contributed by atoms with Gasteiger partial charge in [-0.2, -0.15) is 0 Å². The van der Waals surface area contributed by atoms with Crippen molar-refractivity contribution < 1.29 is 4.57 Å². The van der Waals surface area contributed by atoms with Crippen molar-refractivity contribution in [3.05, 3.63) is 90.6 Å². The Kier molecular flexibility index (Phi) is 3.29. The molecule has 0 N–H and O–H groups in total. The van der Waals surface area contributed by atoms with Gasteiger partial charge in [0.15, 0.2) is 6.20 Å². The van der Waals surface area contributed by atoms with E-state index in [1.54, 1.807) is 0 Å². The molecule has 1 aromatic heterocycles. The van der Waals surface area contributed by atoms with Gasteiger partial charge in [0, 0.05) is 17.7 Å². The van der Waals surface area contributed by atoms with Gasteiger partial charge in [0.2, 0.25) is 5.69 Å². The van der Waals surface area contributed by atoms with Gasteiger partial charge in [-0.05, 0) is 81.2 Å². The number of pyridine rings is 1. The molecule has 0 atom stereocenters. The van der Waals surface area contributed by atoms with Crippen LogP contribution in [0.3, 0.4) is 0 Å². The summed E-state index contributed by atoms with van der Waals surface area (Å²) in [6.07, 6.45) is 2.10. The molecule has 124 valence electrons. The highest BCUT2D eigenvalue weighted by Crippen LogP contribution is 2.32. The van der Waals surface area contributed by atoms with Crippen LogP contribution < -0.4 is 4.57 Å². The zero-order chi connectivity index (χ0) is 17.7. The lowest BCUT2D eigenvalue weighted by atomic mass is 9.94. The van der Waals surface area contributed by atoms with Crippen molar-refractivity contribution in [1.82, 2.24) is 0 Å². The van der Waals surface area contributed by atoms with Gasteiger partial charge in [-0.15, -0.1) is 0 Å². The van der Waals surface area contributed by atoms with E-state index in [9.17, 15) is 0 Å². The summed E-state index contributed by atoms with van der Waals surface area (Å²) >= 11 is 0. The monoisotopic (exact) mass is 334 g/mol. The van der Waals surface area contributed by atoms with E-state index in [2.05, 4.69) is 104 Å². The van der Waals surface area contributed by atoms with Crippen molar-refractivity contribution in [2.45, 2.75) is 6.92 Å². The topological polar surface area (TPSA) is 3.88 Å². The summed E-state index contributed by atoms with van der Waals surface area (Å²) in [5.41, 5.74) is 3.87. The largest absolute Gasteiger partial charge is 0.212 e. The number of benzene rings is 4. The molecule has 0 aliphatic heterocycles. The second-order valence-electron chi connectivity index (χ2n) is 7.05. The number of hydrogen-bond donors (Lipinski definition) is 0. The number of hydrogen-bond acceptors (Lipinski definition) is 0. The Hall–Kier alpha value is -3.19. The van der Waals surface area contributed by atoms with Crippen LogP contribution in [0.1, 0.15) is 5.56 Å². The van der Waals surface area contributed by atoms with Crippen LogP contribution in [-0.2, 0) is 7.05 Å². The van der Waals surface area contributed by atoms with E-state index in [1.807, 2.05) is 0 Å². The first-order valence-corrected chi connectivity index (χ1v) is 9.02. The van der Waals surface area contributed by atoms with Crippen molar-refractivity contribution in [3.63, 3.8) is 0 Å². The van der Waals surface area contributed by atoms with Crippen LogP contribution in [0.15, 0.2) is 85.1 Å². The minimum absolute atomic E-state index is 1.24. The molecule has 26 heavy (non-hydrogen) atoms. The predicted molar refractivity (Wildman–Crippen MR) is 110 cm³/mol. The zero-order valence-electron chi connectivity index (χ0n) is 15.0. The van der Waals surface area contributed by atoms with Gasteiger partial charge in [0.05, 0.1) is 0 Å². The van der Waals surface area contributed by atoms with Crippen molar-refractivity contribution in [2.75, 3.05) is 0 Å². The molecule has 0 aliphatic rings. The van der Waals surface area contributed by atoms with E-state index < -0.39 is 0 Å². The molecule has 1 heterocycles. The highest BCUT2D eigenvalue weighted by Gasteiger charge is 2.13. The lowest BCUT2D eigenvalue weighted by Gasteiger charge is -2.10. The van der Waals surface area contributed by atoms with Gasteiger partial charge in [0.1, 0.15) is 7.05 Å². The predicted octanol–water partition coefficient (Wildman–Crippen LogP) is 5.95. The highest BCUT2D eigenvalue weighted by atomic mass is 14.9. The Morgan fingerprint density at radius 3 is 2.00 bits per heavy atom. The molecule has 0 unspecified atom stereocenters. The van der Waals surface area contributed by atoms with E-state index >= 15 is 0 Å². The average molecular weight is 334 g/mol. The molecule has 5 rings (SSSR count). The first-order valence-electron chi connectivity index (χ1n) is 9.02. The van der Waals surface area contributed by atoms with Gasteiger partial charge in [-0.3, -0.25) is 0 Å². The molecule has 0 fully saturated rings. The summed E-state index contributed by atoms with van der Waals surface area (Å²) in [7, 11) is 2.10. The van der Waals surface area contributed by atoms with Crippen LogP contribution in [0.2, 0.25) is 0 Å². The molecule has 5 aromatic rings. The van der Waals surface area contributed by atoms with Gasteiger partial charge >= 0.3 is 0 Å². The third-order valence-electron chi connectivity index (χ3n) is 5.44. The van der Waals surface area contributed by atoms with Gasteiger partial charge in [-0.25, -0.2) is 4.57 Å². The SMILES string of the molecule is Cc1c(-c2cccc[n+]2C)ccc2cc3cc4ccccc4cc3cc12. The molecular weight excluding hydrogens is 314 g/mol. The molecule has 0 spiro atoms. The number of nitrogens with zero attached hydrogens (tertiary/aromatic N) is 1. The molecule has 0 aliphatic carbocycles. The Bertz CT molecular complexity index is 1300. The Morgan fingerprint density at radius 1 is 0.615 bits per heavy atom. The number of aryl methyl sites for hydroxylation is 2. The van der Waals surface area contributed by atoms with E-state index in [0.29, 0.717) is 0 Å². The van der Waals surface area contributed by atoms with Crippen molar-refractivity contribution >= 4 is 32.3 Å². The summed E-state index contributed by atoms with van der Waals surface area (Å²) < 4.78 is 2.18. The molecule has 0 radical (unpaired) electrons. The lowest BCUT2D eigenvalue weighted by Crippen LogP contribution is -2.30. The standard InChI is InChI=1S/C25H20N/c1-17-23(25-9-5-6-12-26(25)2)11-10-20-15-21-13-18-7-3-4-8-19(18)14-22(21)16-24(17)20/h3-16H,1-2H3/q+1. The summed E-state index contributed by atoms with van der Waals surface area (Å²) in [5, 5.41) is 7.82. The minimum Gasteiger partial charge on any atom is -0.201 e. The highest BCUT2D eigenvalue weighted by molar-refractivity contribution is 6.06. The van der Waals surface area contributed by atoms with Crippen LogP contribution in [-0.4, -0.2) is 0 Å². The molecule has 0 bridgehead atoms. The van der Waals surface area contributed by atoms with Crippen LogP contribution >= 0.6 is 0 Å². The normalized spacial score (nSPS) is 11.5. The Morgan fingerprint density at radius 2 is 1.27 bits per heavy atom. The summed E-state index contributed by atoms with van der Waals surface area (Å²) in [4.78, 5) is 0. The zero-order valence-corrected chi connectivity index (χ0v) is 15.0. The quantitative estimate of drug-likeness (QED) is 0.263. The van der Waals surface area contributed by atoms with Gasteiger partial charge in [-0.1, -0.05) is 30.3 Å². The first kappa shape index (κ1) is 15.1. The molecule has 0 saturated carbocycles. The molecule has 1 heteroatoms. The number of aromatic nitrogens is 1. The second-order valence-corrected chi connectivity index (χ2v) is 7.05. The van der Waals surface area contributed by atoms with Crippen molar-refractivity contribution in [2.24, 2.45) is 7.05 Å². The smallest absolute Gasteiger partial charge is 0.201 e. The fraction of sp³-hybridized carbons (Fsp3) is 0.0800. The molecule has 0 saturated heterocycles. The molecule has 0 amide bonds. The second kappa shape index (κ2) is 5.67. The van der Waals surface area contributed by atoms with Crippen LogP contribution in [0.25, 0.3) is 43.6 Å². The Labute approximate surface area is 153 Å². The number of fused-ring (bicyclic) bond motifs is 3. The van der Waals surface area contributed by atoms with Crippen molar-refractivity contribution in [1.29, 1.82) is 0 Å². The maximum Gasteiger partial charge on any atom is 0.212 e. The fourth-order valence-corrected chi connectivity index (χ4v) is 4.00. The maximum atomic E-state index is 2.35. The van der Waals surface area contributed by atoms with E-state index in [1.165, 1.54) is 49.1 Å². The van der Waals surface area contributed by atoms with E-state index in [0.717, 1.165) is 0 Å². The van der Waals surface area contributed by atoms with Crippen LogP contribution in [0.5, 0.6) is 0 Å². The summed E-state index contributed by atoms with van der Waals surface area (Å²) in [6.45, 7) is 2.23. The number of rotatable bonds is 1. The average Bonchev–Trinajstić information content (AvgIpc) is 2.66. The maximum absolute atomic E-state index is 2.35. The first-order chi connectivity index (χ1) is 12.7. The summed E-state index contributed by atoms with van der Waals surface area (Å²) in [5.74, 6) is 0. The third-order valence-corrected chi connectivity index (χ3v) is 5.44. The molecular formula is C25H20N+. The van der Waals surface area contributed by atoms with E-state index in [-0.39, 0.29) is 0 Å². The van der Waals surface area contributed by atoms with Crippen LogP contribution in [0.4, 0.5) is 0 Å². The van der Waals surface area contributed by atoms with Crippen LogP contribution in [0, 0.1) is 6.92 Å². The van der Waals surface area contributed by atoms with Crippen molar-refractivity contribution in [3.8, 4) is 11.3 Å². The molecule has 1 nitrogen and oxygen atoms in total. The minimum atomic E-state index is 1.24.